The Morgan fingerprint density at radius 2 is 1.97 bits per heavy atom. The standard InChI is InChI=1S/C26H38FNO7/c1-15-7-6-8-16(2)24(32)17(3)25(33)26(4,5)21(30)12-23(31)35-20(10-9-15)19(27)11-18-14-34-22(13-29)28-18/h9,11,14,16-17,20-21,24,29-30,32H,6-8,10,12-13H2,1-5H3/b15-9-,19-11?/t16-,17+,20-,21-,24-/m0/s1. The normalized spacial score (nSPS) is 31.5. The molecule has 2 heterocycles. The Morgan fingerprint density at radius 3 is 2.60 bits per heavy atom. The lowest BCUT2D eigenvalue weighted by Crippen LogP contribution is -2.45. The van der Waals surface area contributed by atoms with E-state index >= 15 is 4.39 Å². The molecule has 0 radical (unpaired) electrons. The lowest BCUT2D eigenvalue weighted by molar-refractivity contribution is -0.154. The first kappa shape index (κ1) is 28.9. The van der Waals surface area contributed by atoms with E-state index in [1.165, 1.54) is 20.1 Å². The summed E-state index contributed by atoms with van der Waals surface area (Å²) >= 11 is 0. The van der Waals surface area contributed by atoms with E-state index in [0.29, 0.717) is 12.8 Å². The van der Waals surface area contributed by atoms with Gasteiger partial charge in [0.15, 0.2) is 6.10 Å². The summed E-state index contributed by atoms with van der Waals surface area (Å²) in [6.45, 7) is 8.03. The van der Waals surface area contributed by atoms with Crippen LogP contribution in [0.4, 0.5) is 4.39 Å². The van der Waals surface area contributed by atoms with E-state index in [1.807, 2.05) is 13.8 Å². The average Bonchev–Trinajstić information content (AvgIpc) is 3.26. The van der Waals surface area contributed by atoms with Gasteiger partial charge in [-0.15, -0.1) is 0 Å². The van der Waals surface area contributed by atoms with E-state index in [0.717, 1.165) is 18.1 Å². The van der Waals surface area contributed by atoms with Crippen molar-refractivity contribution < 1.29 is 38.5 Å². The van der Waals surface area contributed by atoms with Crippen molar-refractivity contribution in [1.29, 1.82) is 0 Å². The molecule has 1 aliphatic rings. The van der Waals surface area contributed by atoms with Crippen LogP contribution in [0, 0.1) is 17.3 Å². The Labute approximate surface area is 205 Å². The molecule has 1 aromatic heterocycles. The lowest BCUT2D eigenvalue weighted by Gasteiger charge is -2.34. The molecule has 0 unspecified atom stereocenters. The van der Waals surface area contributed by atoms with Gasteiger partial charge in [0.1, 0.15) is 30.2 Å². The molecule has 1 aliphatic heterocycles. The largest absolute Gasteiger partial charge is 0.455 e. The number of ketones is 1. The summed E-state index contributed by atoms with van der Waals surface area (Å²) in [6, 6.07) is 0. The van der Waals surface area contributed by atoms with Crippen molar-refractivity contribution in [2.45, 2.75) is 91.6 Å². The molecule has 0 amide bonds. The van der Waals surface area contributed by atoms with Gasteiger partial charge in [-0.25, -0.2) is 9.37 Å². The van der Waals surface area contributed by atoms with Crippen LogP contribution in [-0.2, 0) is 20.9 Å². The SMILES string of the molecule is C/C1=C/C[C@@H](C(F)=Cc2coc(CO)n2)OC(=O)C[C@H](O)C(C)(C)C(=O)[C@H](C)[C@@H](O)[C@@H](C)CCC1. The zero-order valence-electron chi connectivity index (χ0n) is 21.2. The highest BCUT2D eigenvalue weighted by atomic mass is 19.1. The van der Waals surface area contributed by atoms with Gasteiger partial charge in [-0.1, -0.05) is 39.3 Å². The number of halogens is 1. The molecule has 5 atom stereocenters. The third-order valence-electron chi connectivity index (χ3n) is 6.82. The summed E-state index contributed by atoms with van der Waals surface area (Å²) in [5.74, 6) is -2.81. The molecule has 2 rings (SSSR count). The van der Waals surface area contributed by atoms with Gasteiger partial charge in [-0.2, -0.15) is 0 Å². The summed E-state index contributed by atoms with van der Waals surface area (Å²) in [4.78, 5) is 29.7. The molecule has 0 aromatic carbocycles. The van der Waals surface area contributed by atoms with Crippen molar-refractivity contribution >= 4 is 17.8 Å². The smallest absolute Gasteiger partial charge is 0.309 e. The summed E-state index contributed by atoms with van der Waals surface area (Å²) in [6.07, 6.45) is 2.25. The Bertz CT molecular complexity index is 936. The van der Waals surface area contributed by atoms with Crippen LogP contribution in [0.1, 0.15) is 78.3 Å². The molecule has 8 nitrogen and oxygen atoms in total. The van der Waals surface area contributed by atoms with Crippen molar-refractivity contribution in [2.24, 2.45) is 17.3 Å². The van der Waals surface area contributed by atoms with Gasteiger partial charge in [0.05, 0.1) is 24.0 Å². The number of rotatable bonds is 3. The summed E-state index contributed by atoms with van der Waals surface area (Å²) < 4.78 is 25.5. The molecular formula is C26H38FNO7. The molecule has 0 saturated heterocycles. The van der Waals surface area contributed by atoms with Crippen LogP contribution in [0.15, 0.2) is 28.2 Å². The molecular weight excluding hydrogens is 457 g/mol. The fourth-order valence-electron chi connectivity index (χ4n) is 4.22. The number of hydrogen-bond acceptors (Lipinski definition) is 8. The Balaban J connectivity index is 2.33. The maximum Gasteiger partial charge on any atom is 0.309 e. The number of cyclic esters (lactones) is 1. The second-order valence-corrected chi connectivity index (χ2v) is 10.1. The van der Waals surface area contributed by atoms with Crippen molar-refractivity contribution in [3.05, 3.63) is 35.3 Å². The maximum absolute atomic E-state index is 15.1. The fraction of sp³-hybridized carbons (Fsp3) is 0.654. The quantitative estimate of drug-likeness (QED) is 0.425. The van der Waals surface area contributed by atoms with Crippen molar-refractivity contribution in [2.75, 3.05) is 0 Å². The Hall–Kier alpha value is -2.36. The Kier molecular flexibility index (Phi) is 10.4. The first-order chi connectivity index (χ1) is 16.4. The topological polar surface area (TPSA) is 130 Å². The van der Waals surface area contributed by atoms with E-state index in [9.17, 15) is 19.8 Å². The van der Waals surface area contributed by atoms with Gasteiger partial charge in [0.25, 0.3) is 0 Å². The van der Waals surface area contributed by atoms with Crippen LogP contribution in [-0.4, -0.2) is 50.4 Å². The van der Waals surface area contributed by atoms with E-state index < -0.39 is 54.5 Å². The average molecular weight is 496 g/mol. The number of nitrogens with zero attached hydrogens (tertiary/aromatic N) is 1. The molecule has 0 fully saturated rings. The number of oxazole rings is 1. The van der Waals surface area contributed by atoms with E-state index in [2.05, 4.69) is 4.98 Å². The lowest BCUT2D eigenvalue weighted by atomic mass is 9.73. The highest BCUT2D eigenvalue weighted by Gasteiger charge is 2.42. The van der Waals surface area contributed by atoms with Gasteiger partial charge in [-0.3, -0.25) is 9.59 Å². The molecule has 1 aromatic rings. The molecule has 0 spiro atoms. The minimum absolute atomic E-state index is 0.0263. The summed E-state index contributed by atoms with van der Waals surface area (Å²) in [5.41, 5.74) is -0.219. The third kappa shape index (κ3) is 7.81. The van der Waals surface area contributed by atoms with Gasteiger partial charge in [-0.05, 0) is 32.1 Å². The second kappa shape index (κ2) is 12.6. The van der Waals surface area contributed by atoms with Gasteiger partial charge in [0, 0.05) is 18.4 Å². The van der Waals surface area contributed by atoms with Gasteiger partial charge >= 0.3 is 5.97 Å². The van der Waals surface area contributed by atoms with E-state index in [-0.39, 0.29) is 29.7 Å². The van der Waals surface area contributed by atoms with Crippen molar-refractivity contribution in [3.63, 3.8) is 0 Å². The summed E-state index contributed by atoms with van der Waals surface area (Å²) in [7, 11) is 0. The predicted octanol–water partition coefficient (Wildman–Crippen LogP) is 3.89. The number of carbonyl (C=O) groups is 2. The number of aliphatic hydroxyl groups excluding tert-OH is 3. The Morgan fingerprint density at radius 1 is 1.29 bits per heavy atom. The molecule has 0 aliphatic carbocycles. The molecule has 3 N–H and O–H groups in total. The van der Waals surface area contributed by atoms with E-state index in [1.54, 1.807) is 13.0 Å². The molecule has 9 heteroatoms. The fourth-order valence-corrected chi connectivity index (χ4v) is 4.22. The molecule has 0 bridgehead atoms. The number of esters is 1. The number of aromatic nitrogens is 1. The van der Waals surface area contributed by atoms with Gasteiger partial charge in [0.2, 0.25) is 5.89 Å². The molecule has 196 valence electrons. The second-order valence-electron chi connectivity index (χ2n) is 10.1. The number of ether oxygens (including phenoxy) is 1. The number of hydrogen-bond donors (Lipinski definition) is 3. The molecule has 35 heavy (non-hydrogen) atoms. The highest BCUT2D eigenvalue weighted by Crippen LogP contribution is 2.32. The minimum atomic E-state index is -1.38. The maximum atomic E-state index is 15.1. The summed E-state index contributed by atoms with van der Waals surface area (Å²) in [5, 5.41) is 30.5. The van der Waals surface area contributed by atoms with Crippen LogP contribution < -0.4 is 0 Å². The number of carbonyl (C=O) groups excluding carboxylic acids is 2. The number of Topliss-reactive ketones (excluding diaryl/α,β-unsaturated/α-hetero) is 1. The van der Waals surface area contributed by atoms with Gasteiger partial charge < -0.3 is 24.5 Å². The zero-order chi connectivity index (χ0) is 26.3. The monoisotopic (exact) mass is 495 g/mol. The number of aliphatic hydroxyl groups is 3. The molecule has 0 saturated carbocycles. The van der Waals surface area contributed by atoms with Crippen LogP contribution in [0.3, 0.4) is 0 Å². The first-order valence-corrected chi connectivity index (χ1v) is 12.0. The van der Waals surface area contributed by atoms with Crippen molar-refractivity contribution in [1.82, 2.24) is 4.98 Å². The first-order valence-electron chi connectivity index (χ1n) is 12.0. The highest BCUT2D eigenvalue weighted by molar-refractivity contribution is 5.88. The number of allylic oxidation sites excluding steroid dienone is 1. The van der Waals surface area contributed by atoms with Crippen LogP contribution >= 0.6 is 0 Å². The minimum Gasteiger partial charge on any atom is -0.455 e. The van der Waals surface area contributed by atoms with Crippen molar-refractivity contribution in [3.8, 4) is 0 Å². The van der Waals surface area contributed by atoms with Crippen LogP contribution in [0.2, 0.25) is 0 Å². The zero-order valence-corrected chi connectivity index (χ0v) is 21.2. The van der Waals surface area contributed by atoms with Crippen LogP contribution in [0.25, 0.3) is 6.08 Å². The van der Waals surface area contributed by atoms with Crippen LogP contribution in [0.5, 0.6) is 0 Å². The van der Waals surface area contributed by atoms with E-state index in [4.69, 9.17) is 14.3 Å². The third-order valence-corrected chi connectivity index (χ3v) is 6.82. The predicted molar refractivity (Wildman–Crippen MR) is 127 cm³/mol.